The van der Waals surface area contributed by atoms with E-state index < -0.39 is 6.10 Å². The third-order valence-corrected chi connectivity index (χ3v) is 2.16. The molecular weight excluding hydrogens is 234 g/mol. The van der Waals surface area contributed by atoms with Gasteiger partial charge in [-0.3, -0.25) is 0 Å². The average Bonchev–Trinajstić information content (AvgIpc) is 2.23. The van der Waals surface area contributed by atoms with Crippen LogP contribution in [0.4, 0.5) is 11.9 Å². The minimum absolute atomic E-state index is 0.0664. The second-order valence-corrected chi connectivity index (χ2v) is 5.30. The van der Waals surface area contributed by atoms with Gasteiger partial charge in [0.2, 0.25) is 11.9 Å². The van der Waals surface area contributed by atoms with Gasteiger partial charge in [-0.1, -0.05) is 20.8 Å². The molecule has 0 saturated carbocycles. The summed E-state index contributed by atoms with van der Waals surface area (Å²) in [5.74, 6) is 0.377. The maximum atomic E-state index is 9.85. The van der Waals surface area contributed by atoms with Crippen LogP contribution in [0.2, 0.25) is 0 Å². The Morgan fingerprint density at radius 1 is 1.33 bits per heavy atom. The van der Waals surface area contributed by atoms with Crippen LogP contribution in [0.25, 0.3) is 0 Å². The summed E-state index contributed by atoms with van der Waals surface area (Å²) in [7, 11) is 1.45. The minimum atomic E-state index is -0.478. The third kappa shape index (κ3) is 5.13. The lowest BCUT2D eigenvalue weighted by Gasteiger charge is -2.22. The van der Waals surface area contributed by atoms with E-state index in [1.807, 2.05) is 0 Å². The van der Waals surface area contributed by atoms with Gasteiger partial charge in [0, 0.05) is 6.54 Å². The van der Waals surface area contributed by atoms with Crippen LogP contribution in [0.15, 0.2) is 0 Å². The van der Waals surface area contributed by atoms with Crippen LogP contribution in [0, 0.1) is 5.41 Å². The Balaban J connectivity index is 2.55. The Morgan fingerprint density at radius 2 is 2.00 bits per heavy atom. The molecule has 18 heavy (non-hydrogen) atoms. The molecule has 4 N–H and O–H groups in total. The zero-order chi connectivity index (χ0) is 13.8. The fourth-order valence-electron chi connectivity index (χ4n) is 1.53. The zero-order valence-corrected chi connectivity index (χ0v) is 11.3. The molecule has 0 fully saturated rings. The molecule has 0 bridgehead atoms. The number of rotatable bonds is 5. The molecule has 7 nitrogen and oxygen atoms in total. The van der Waals surface area contributed by atoms with Crippen LogP contribution >= 0.6 is 0 Å². The summed E-state index contributed by atoms with van der Waals surface area (Å²) in [5.41, 5.74) is 5.56. The summed E-state index contributed by atoms with van der Waals surface area (Å²) in [6.07, 6.45) is 0.200. The molecule has 1 aromatic rings. The van der Waals surface area contributed by atoms with Crippen molar-refractivity contribution in [3.63, 3.8) is 0 Å². The van der Waals surface area contributed by atoms with Gasteiger partial charge in [0.25, 0.3) is 0 Å². The number of aliphatic hydroxyl groups excluding tert-OH is 1. The van der Waals surface area contributed by atoms with Crippen LogP contribution in [0.1, 0.15) is 27.2 Å². The average molecular weight is 255 g/mol. The van der Waals surface area contributed by atoms with Crippen molar-refractivity contribution in [2.24, 2.45) is 5.41 Å². The van der Waals surface area contributed by atoms with Crippen molar-refractivity contribution < 1.29 is 9.84 Å². The fraction of sp³-hybridized carbons (Fsp3) is 0.727. The van der Waals surface area contributed by atoms with Gasteiger partial charge >= 0.3 is 6.01 Å². The van der Waals surface area contributed by atoms with Crippen molar-refractivity contribution in [2.75, 3.05) is 24.7 Å². The van der Waals surface area contributed by atoms with Gasteiger partial charge in [-0.2, -0.15) is 15.0 Å². The first-order chi connectivity index (χ1) is 8.30. The lowest BCUT2D eigenvalue weighted by atomic mass is 9.89. The summed E-state index contributed by atoms with van der Waals surface area (Å²) in [5, 5.41) is 12.8. The van der Waals surface area contributed by atoms with E-state index in [-0.39, 0.29) is 17.4 Å². The highest BCUT2D eigenvalue weighted by Crippen LogP contribution is 2.20. The number of ether oxygens (including phenoxy) is 1. The fourth-order valence-corrected chi connectivity index (χ4v) is 1.53. The first-order valence-corrected chi connectivity index (χ1v) is 5.77. The number of nitrogens with zero attached hydrogens (tertiary/aromatic N) is 3. The summed E-state index contributed by atoms with van der Waals surface area (Å²) >= 11 is 0. The largest absolute Gasteiger partial charge is 0.467 e. The summed E-state index contributed by atoms with van der Waals surface area (Å²) in [6.45, 7) is 6.56. The van der Waals surface area contributed by atoms with Crippen molar-refractivity contribution in [3.8, 4) is 6.01 Å². The van der Waals surface area contributed by atoms with E-state index in [0.717, 1.165) is 0 Å². The SMILES string of the molecule is COc1nc(N)nc(NCC(O)CC(C)(C)C)n1. The van der Waals surface area contributed by atoms with Crippen molar-refractivity contribution >= 4 is 11.9 Å². The molecule has 1 aromatic heterocycles. The number of aromatic nitrogens is 3. The molecule has 1 rings (SSSR count). The van der Waals surface area contributed by atoms with Gasteiger partial charge in [-0.25, -0.2) is 0 Å². The maximum absolute atomic E-state index is 9.85. The number of methoxy groups -OCH3 is 1. The van der Waals surface area contributed by atoms with E-state index in [1.165, 1.54) is 7.11 Å². The van der Waals surface area contributed by atoms with Crippen molar-refractivity contribution in [1.29, 1.82) is 0 Å². The van der Waals surface area contributed by atoms with Crippen LogP contribution < -0.4 is 15.8 Å². The number of aliphatic hydroxyl groups is 1. The number of hydrogen-bond acceptors (Lipinski definition) is 7. The highest BCUT2D eigenvalue weighted by Gasteiger charge is 2.17. The van der Waals surface area contributed by atoms with Crippen molar-refractivity contribution in [2.45, 2.75) is 33.3 Å². The lowest BCUT2D eigenvalue weighted by molar-refractivity contribution is 0.132. The molecule has 1 atom stereocenters. The molecule has 7 heteroatoms. The smallest absolute Gasteiger partial charge is 0.322 e. The monoisotopic (exact) mass is 255 g/mol. The van der Waals surface area contributed by atoms with Gasteiger partial charge in [-0.15, -0.1) is 0 Å². The van der Waals surface area contributed by atoms with Crippen molar-refractivity contribution in [3.05, 3.63) is 0 Å². The topological polar surface area (TPSA) is 106 Å². The first kappa shape index (κ1) is 14.4. The number of nitrogen functional groups attached to an aromatic ring is 1. The lowest BCUT2D eigenvalue weighted by Crippen LogP contribution is -2.26. The van der Waals surface area contributed by atoms with Crippen LogP contribution in [0.3, 0.4) is 0 Å². The first-order valence-electron chi connectivity index (χ1n) is 5.77. The van der Waals surface area contributed by atoms with E-state index in [2.05, 4.69) is 41.0 Å². The molecule has 102 valence electrons. The Hall–Kier alpha value is -1.63. The van der Waals surface area contributed by atoms with Gasteiger partial charge in [-0.05, 0) is 11.8 Å². The quantitative estimate of drug-likeness (QED) is 0.710. The highest BCUT2D eigenvalue weighted by atomic mass is 16.5. The molecule has 0 saturated heterocycles. The molecular formula is C11H21N5O2. The molecule has 0 aromatic carbocycles. The van der Waals surface area contributed by atoms with E-state index in [0.29, 0.717) is 18.9 Å². The normalized spacial score (nSPS) is 13.2. The molecule has 0 amide bonds. The Labute approximate surface area is 107 Å². The van der Waals surface area contributed by atoms with Gasteiger partial charge in [0.05, 0.1) is 13.2 Å². The summed E-state index contributed by atoms with van der Waals surface area (Å²) < 4.78 is 4.88. The number of nitrogens with one attached hydrogen (secondary N) is 1. The predicted octanol–water partition coefficient (Wildman–Crippen LogP) is 0.671. The summed E-state index contributed by atoms with van der Waals surface area (Å²) in [4.78, 5) is 11.6. The molecule has 0 aliphatic carbocycles. The van der Waals surface area contributed by atoms with Gasteiger partial charge in [0.1, 0.15) is 0 Å². The van der Waals surface area contributed by atoms with Gasteiger partial charge < -0.3 is 20.9 Å². The second-order valence-electron chi connectivity index (χ2n) is 5.30. The van der Waals surface area contributed by atoms with Crippen LogP contribution in [-0.2, 0) is 0 Å². The Morgan fingerprint density at radius 3 is 2.56 bits per heavy atom. The molecule has 1 heterocycles. The molecule has 0 radical (unpaired) electrons. The second kappa shape index (κ2) is 5.81. The summed E-state index contributed by atoms with van der Waals surface area (Å²) in [6, 6.07) is 0.148. The predicted molar refractivity (Wildman–Crippen MR) is 69.4 cm³/mol. The molecule has 1 unspecified atom stereocenters. The zero-order valence-electron chi connectivity index (χ0n) is 11.3. The van der Waals surface area contributed by atoms with Crippen LogP contribution in [-0.4, -0.2) is 39.8 Å². The Kier molecular flexibility index (Phi) is 4.66. The number of nitrogens with two attached hydrogens (primary N) is 1. The van der Waals surface area contributed by atoms with E-state index in [4.69, 9.17) is 10.5 Å². The minimum Gasteiger partial charge on any atom is -0.467 e. The van der Waals surface area contributed by atoms with E-state index in [9.17, 15) is 5.11 Å². The molecule has 0 spiro atoms. The van der Waals surface area contributed by atoms with E-state index in [1.54, 1.807) is 0 Å². The number of anilines is 2. The van der Waals surface area contributed by atoms with E-state index >= 15 is 0 Å². The highest BCUT2D eigenvalue weighted by molar-refractivity contribution is 5.32. The maximum Gasteiger partial charge on any atom is 0.322 e. The Bertz CT molecular complexity index is 392. The van der Waals surface area contributed by atoms with Crippen molar-refractivity contribution in [1.82, 2.24) is 15.0 Å². The number of hydrogen-bond donors (Lipinski definition) is 3. The van der Waals surface area contributed by atoms with Crippen LogP contribution in [0.5, 0.6) is 6.01 Å². The standard InChI is InChI=1S/C11H21N5O2/c1-11(2,3)5-7(17)6-13-9-14-8(12)15-10(16-9)18-4/h7,17H,5-6H2,1-4H3,(H3,12,13,14,15,16). The molecule has 0 aliphatic rings. The third-order valence-electron chi connectivity index (χ3n) is 2.16. The molecule has 0 aliphatic heterocycles. The van der Waals surface area contributed by atoms with Gasteiger partial charge in [0.15, 0.2) is 0 Å².